The quantitative estimate of drug-likeness (QED) is 0.897. The van der Waals surface area contributed by atoms with E-state index < -0.39 is 11.9 Å². The minimum atomic E-state index is -0.825. The molecule has 1 amide bonds. The molecule has 4 nitrogen and oxygen atoms in total. The molecule has 5 heteroatoms. The Morgan fingerprint density at radius 2 is 2.11 bits per heavy atom. The molecule has 2 N–H and O–H groups in total. The molecule has 0 aliphatic heterocycles. The zero-order chi connectivity index (χ0) is 14.0. The molecule has 102 valence electrons. The molecule has 0 saturated heterocycles. The molecule has 2 rings (SSSR count). The number of hydrogen-bond donors (Lipinski definition) is 2. The van der Waals surface area contributed by atoms with Gasteiger partial charge in [-0.2, -0.15) is 0 Å². The lowest BCUT2D eigenvalue weighted by Crippen LogP contribution is -2.40. The van der Waals surface area contributed by atoms with Crippen LogP contribution in [0.5, 0.6) is 0 Å². The lowest BCUT2D eigenvalue weighted by molar-refractivity contribution is -0.142. The van der Waals surface area contributed by atoms with E-state index in [4.69, 9.17) is 5.11 Å². The number of benzene rings is 1. The van der Waals surface area contributed by atoms with Crippen LogP contribution in [-0.4, -0.2) is 23.0 Å². The third kappa shape index (κ3) is 2.97. The van der Waals surface area contributed by atoms with E-state index in [0.29, 0.717) is 12.0 Å². The molecule has 19 heavy (non-hydrogen) atoms. The first-order valence-electron chi connectivity index (χ1n) is 6.29. The van der Waals surface area contributed by atoms with Gasteiger partial charge in [-0.15, -0.1) is 0 Å². The molecule has 0 heterocycles. The highest BCUT2D eigenvalue weighted by atomic mass is 79.9. The van der Waals surface area contributed by atoms with Gasteiger partial charge in [0.15, 0.2) is 0 Å². The smallest absolute Gasteiger partial charge is 0.308 e. The Bertz CT molecular complexity index is 515. The molecule has 1 saturated carbocycles. The van der Waals surface area contributed by atoms with Crippen LogP contribution < -0.4 is 5.32 Å². The summed E-state index contributed by atoms with van der Waals surface area (Å²) in [6, 6.07) is 5.17. The van der Waals surface area contributed by atoms with Crippen LogP contribution >= 0.6 is 15.9 Å². The first-order valence-corrected chi connectivity index (χ1v) is 7.09. The van der Waals surface area contributed by atoms with E-state index in [0.717, 1.165) is 22.9 Å². The van der Waals surface area contributed by atoms with Crippen LogP contribution in [-0.2, 0) is 4.79 Å². The predicted molar refractivity (Wildman–Crippen MR) is 75.1 cm³/mol. The monoisotopic (exact) mass is 325 g/mol. The van der Waals surface area contributed by atoms with Gasteiger partial charge in [0.1, 0.15) is 0 Å². The number of hydrogen-bond acceptors (Lipinski definition) is 2. The summed E-state index contributed by atoms with van der Waals surface area (Å²) >= 11 is 3.39. The van der Waals surface area contributed by atoms with Crippen LogP contribution in [0.4, 0.5) is 0 Å². The Morgan fingerprint density at radius 1 is 1.37 bits per heavy atom. The second-order valence-electron chi connectivity index (χ2n) is 4.87. The topological polar surface area (TPSA) is 66.4 Å². The fourth-order valence-electron chi connectivity index (χ4n) is 2.53. The fourth-order valence-corrected chi connectivity index (χ4v) is 2.89. The summed E-state index contributed by atoms with van der Waals surface area (Å²) in [5.41, 5.74) is 1.45. The Morgan fingerprint density at radius 3 is 2.79 bits per heavy atom. The van der Waals surface area contributed by atoms with Crippen LogP contribution in [0.25, 0.3) is 0 Å². The summed E-state index contributed by atoms with van der Waals surface area (Å²) in [5.74, 6) is -1.48. The van der Waals surface area contributed by atoms with Gasteiger partial charge < -0.3 is 10.4 Å². The lowest BCUT2D eigenvalue weighted by atomic mass is 10.0. The summed E-state index contributed by atoms with van der Waals surface area (Å²) < 4.78 is 0.876. The van der Waals surface area contributed by atoms with Crippen molar-refractivity contribution in [1.29, 1.82) is 0 Å². The van der Waals surface area contributed by atoms with Crippen LogP contribution in [0.15, 0.2) is 22.7 Å². The molecule has 1 aliphatic rings. The van der Waals surface area contributed by atoms with E-state index in [2.05, 4.69) is 21.2 Å². The number of rotatable bonds is 3. The maximum atomic E-state index is 12.2. The van der Waals surface area contributed by atoms with Crippen molar-refractivity contribution in [3.05, 3.63) is 33.8 Å². The van der Waals surface area contributed by atoms with E-state index in [1.165, 1.54) is 0 Å². The van der Waals surface area contributed by atoms with Crippen molar-refractivity contribution >= 4 is 27.8 Å². The minimum Gasteiger partial charge on any atom is -0.481 e. The molecule has 0 spiro atoms. The zero-order valence-electron chi connectivity index (χ0n) is 10.6. The van der Waals surface area contributed by atoms with E-state index in [9.17, 15) is 9.59 Å². The van der Waals surface area contributed by atoms with Gasteiger partial charge in [0.2, 0.25) is 0 Å². The Balaban J connectivity index is 2.13. The molecule has 0 radical (unpaired) electrons. The van der Waals surface area contributed by atoms with Gasteiger partial charge in [-0.05, 0) is 37.5 Å². The first-order chi connectivity index (χ1) is 9.00. The average molecular weight is 326 g/mol. The highest BCUT2D eigenvalue weighted by molar-refractivity contribution is 9.10. The van der Waals surface area contributed by atoms with Crippen molar-refractivity contribution in [3.63, 3.8) is 0 Å². The van der Waals surface area contributed by atoms with Crippen molar-refractivity contribution in [2.45, 2.75) is 32.2 Å². The summed E-state index contributed by atoms with van der Waals surface area (Å²) in [6.07, 6.45) is 2.22. The third-order valence-electron chi connectivity index (χ3n) is 3.66. The molecular formula is C14H16BrNO3. The second kappa shape index (κ2) is 5.74. The van der Waals surface area contributed by atoms with Crippen molar-refractivity contribution in [1.82, 2.24) is 5.32 Å². The van der Waals surface area contributed by atoms with Crippen molar-refractivity contribution in [3.8, 4) is 0 Å². The SMILES string of the molecule is Cc1c(Br)cccc1C(=O)N[C@@H]1CCC[C@@H]1C(=O)O. The number of aliphatic carboxylic acids is 1. The Hall–Kier alpha value is -1.36. The van der Waals surface area contributed by atoms with Crippen molar-refractivity contribution in [2.24, 2.45) is 5.92 Å². The van der Waals surface area contributed by atoms with Crippen LogP contribution in [0.2, 0.25) is 0 Å². The van der Waals surface area contributed by atoms with E-state index in [1.807, 2.05) is 13.0 Å². The molecule has 0 aromatic heterocycles. The standard InChI is InChI=1S/C14H16BrNO3/c1-8-9(4-2-6-11(8)15)13(17)16-12-7-3-5-10(12)14(18)19/h2,4,6,10,12H,3,5,7H2,1H3,(H,16,17)(H,18,19)/t10-,12+/m0/s1. The molecule has 0 bridgehead atoms. The minimum absolute atomic E-state index is 0.197. The molecule has 1 aromatic rings. The molecule has 0 unspecified atom stereocenters. The maximum Gasteiger partial charge on any atom is 0.308 e. The summed E-state index contributed by atoms with van der Waals surface area (Å²) in [7, 11) is 0. The molecule has 1 aromatic carbocycles. The largest absolute Gasteiger partial charge is 0.481 e. The average Bonchev–Trinajstić information content (AvgIpc) is 2.80. The van der Waals surface area contributed by atoms with Crippen molar-refractivity contribution < 1.29 is 14.7 Å². The number of amides is 1. The van der Waals surface area contributed by atoms with Crippen LogP contribution in [0, 0.1) is 12.8 Å². The summed E-state index contributed by atoms with van der Waals surface area (Å²) in [5, 5.41) is 12.0. The zero-order valence-corrected chi connectivity index (χ0v) is 12.2. The normalized spacial score (nSPS) is 22.2. The van der Waals surface area contributed by atoms with Gasteiger partial charge in [0.05, 0.1) is 5.92 Å². The predicted octanol–water partition coefficient (Wildman–Crippen LogP) is 2.74. The van der Waals surface area contributed by atoms with E-state index >= 15 is 0 Å². The fraction of sp³-hybridized carbons (Fsp3) is 0.429. The second-order valence-corrected chi connectivity index (χ2v) is 5.72. The van der Waals surface area contributed by atoms with Gasteiger partial charge in [0, 0.05) is 16.1 Å². The number of carbonyl (C=O) groups excluding carboxylic acids is 1. The van der Waals surface area contributed by atoms with Gasteiger partial charge >= 0.3 is 5.97 Å². The number of carboxylic acid groups (broad SMARTS) is 1. The molecule has 1 fully saturated rings. The highest BCUT2D eigenvalue weighted by Gasteiger charge is 2.34. The molecule has 1 aliphatic carbocycles. The van der Waals surface area contributed by atoms with E-state index in [1.54, 1.807) is 12.1 Å². The lowest BCUT2D eigenvalue weighted by Gasteiger charge is -2.18. The highest BCUT2D eigenvalue weighted by Crippen LogP contribution is 2.27. The number of halogens is 1. The van der Waals surface area contributed by atoms with Crippen LogP contribution in [0.1, 0.15) is 35.2 Å². The third-order valence-corrected chi connectivity index (χ3v) is 4.52. The molecule has 2 atom stereocenters. The number of nitrogens with one attached hydrogen (secondary N) is 1. The van der Waals surface area contributed by atoms with Gasteiger partial charge in [-0.1, -0.05) is 28.4 Å². The Labute approximate surface area is 120 Å². The first kappa shape index (κ1) is 14.1. The van der Waals surface area contributed by atoms with Gasteiger partial charge in [-0.25, -0.2) is 0 Å². The maximum absolute atomic E-state index is 12.2. The van der Waals surface area contributed by atoms with Crippen LogP contribution in [0.3, 0.4) is 0 Å². The van der Waals surface area contributed by atoms with Gasteiger partial charge in [-0.3, -0.25) is 9.59 Å². The Kier molecular flexibility index (Phi) is 4.24. The number of carbonyl (C=O) groups is 2. The van der Waals surface area contributed by atoms with E-state index in [-0.39, 0.29) is 11.9 Å². The van der Waals surface area contributed by atoms with Crippen molar-refractivity contribution in [2.75, 3.05) is 0 Å². The number of carboxylic acids is 1. The molecular weight excluding hydrogens is 310 g/mol. The summed E-state index contributed by atoms with van der Waals surface area (Å²) in [6.45, 7) is 1.86. The summed E-state index contributed by atoms with van der Waals surface area (Å²) in [4.78, 5) is 23.3. The van der Waals surface area contributed by atoms with Gasteiger partial charge in [0.25, 0.3) is 5.91 Å².